The van der Waals surface area contributed by atoms with Crippen LogP contribution in [0.2, 0.25) is 0 Å². The van der Waals surface area contributed by atoms with Gasteiger partial charge in [-0.3, -0.25) is 4.79 Å². The van der Waals surface area contributed by atoms with Gasteiger partial charge in [0.1, 0.15) is 5.58 Å². The van der Waals surface area contributed by atoms with E-state index in [0.29, 0.717) is 43.7 Å². The molecule has 1 aliphatic heterocycles. The lowest BCUT2D eigenvalue weighted by Gasteiger charge is -2.31. The maximum Gasteiger partial charge on any atom is 0.289 e. The third kappa shape index (κ3) is 3.88. The van der Waals surface area contributed by atoms with Crippen molar-refractivity contribution in [3.63, 3.8) is 0 Å². The molecule has 1 N–H and O–H groups in total. The number of nitrogens with zero attached hydrogens (tertiary/aromatic N) is 1. The summed E-state index contributed by atoms with van der Waals surface area (Å²) in [6, 6.07) is 7.51. The van der Waals surface area contributed by atoms with E-state index >= 15 is 0 Å². The molecule has 1 aromatic carbocycles. The molecule has 2 heterocycles. The Morgan fingerprint density at radius 2 is 1.96 bits per heavy atom. The molecule has 0 spiro atoms. The van der Waals surface area contributed by atoms with Crippen LogP contribution in [-0.2, 0) is 10.0 Å². The van der Waals surface area contributed by atoms with Crippen LogP contribution in [0.4, 0.5) is 0 Å². The van der Waals surface area contributed by atoms with Crippen molar-refractivity contribution in [2.45, 2.75) is 39.2 Å². The van der Waals surface area contributed by atoms with Crippen LogP contribution in [-0.4, -0.2) is 44.1 Å². The summed E-state index contributed by atoms with van der Waals surface area (Å²) >= 11 is 0. The number of benzene rings is 1. The predicted octanol–water partition coefficient (Wildman–Crippen LogP) is 2.68. The van der Waals surface area contributed by atoms with E-state index < -0.39 is 10.0 Å². The second-order valence-electron chi connectivity index (χ2n) is 6.56. The number of aryl methyl sites for hydroxylation is 1. The zero-order valence-corrected chi connectivity index (χ0v) is 15.4. The molecule has 1 amide bonds. The molecule has 0 aliphatic carbocycles. The van der Waals surface area contributed by atoms with Gasteiger partial charge in [0.15, 0.2) is 5.76 Å². The van der Waals surface area contributed by atoms with Crippen molar-refractivity contribution in [2.24, 2.45) is 0 Å². The van der Waals surface area contributed by atoms with E-state index in [1.807, 2.05) is 38.1 Å². The van der Waals surface area contributed by atoms with Gasteiger partial charge in [-0.2, -0.15) is 0 Å². The number of furan rings is 1. The molecule has 25 heavy (non-hydrogen) atoms. The lowest BCUT2D eigenvalue weighted by molar-refractivity contribution is 0.0680. The molecule has 0 unspecified atom stereocenters. The van der Waals surface area contributed by atoms with Gasteiger partial charge in [-0.1, -0.05) is 25.1 Å². The van der Waals surface area contributed by atoms with E-state index in [-0.39, 0.29) is 17.7 Å². The summed E-state index contributed by atoms with van der Waals surface area (Å²) in [6.07, 6.45) is 1.83. The van der Waals surface area contributed by atoms with Gasteiger partial charge in [0, 0.05) is 30.1 Å². The number of carbonyl (C=O) groups excluding carboxylic acids is 1. The van der Waals surface area contributed by atoms with Crippen molar-refractivity contribution in [3.05, 3.63) is 35.6 Å². The quantitative estimate of drug-likeness (QED) is 0.885. The summed E-state index contributed by atoms with van der Waals surface area (Å²) < 4.78 is 32.2. The van der Waals surface area contributed by atoms with Crippen LogP contribution < -0.4 is 4.72 Å². The van der Waals surface area contributed by atoms with Gasteiger partial charge < -0.3 is 9.32 Å². The molecule has 0 atom stereocenters. The van der Waals surface area contributed by atoms with Crippen LogP contribution in [0.1, 0.15) is 42.3 Å². The van der Waals surface area contributed by atoms with E-state index in [4.69, 9.17) is 4.42 Å². The van der Waals surface area contributed by atoms with E-state index in [1.165, 1.54) is 0 Å². The zero-order chi connectivity index (χ0) is 18.0. The minimum absolute atomic E-state index is 0.0997. The van der Waals surface area contributed by atoms with E-state index in [2.05, 4.69) is 4.72 Å². The van der Waals surface area contributed by atoms with Crippen molar-refractivity contribution in [2.75, 3.05) is 18.8 Å². The Labute approximate surface area is 148 Å². The first kappa shape index (κ1) is 17.9. The van der Waals surface area contributed by atoms with Gasteiger partial charge in [0.25, 0.3) is 5.91 Å². The van der Waals surface area contributed by atoms with Crippen LogP contribution in [0.15, 0.2) is 28.7 Å². The van der Waals surface area contributed by atoms with Crippen molar-refractivity contribution in [3.8, 4) is 0 Å². The Bertz CT molecular complexity index is 864. The van der Waals surface area contributed by atoms with Crippen molar-refractivity contribution in [1.82, 2.24) is 9.62 Å². The number of fused-ring (bicyclic) bond motifs is 1. The molecule has 1 aliphatic rings. The number of likely N-dealkylation sites (tertiary alicyclic amines) is 1. The third-order valence-corrected chi connectivity index (χ3v) is 6.28. The molecule has 1 saturated heterocycles. The largest absolute Gasteiger partial charge is 0.451 e. The molecule has 7 heteroatoms. The smallest absolute Gasteiger partial charge is 0.289 e. The highest BCUT2D eigenvalue weighted by Crippen LogP contribution is 2.26. The van der Waals surface area contributed by atoms with Crippen molar-refractivity contribution >= 4 is 26.9 Å². The summed E-state index contributed by atoms with van der Waals surface area (Å²) in [4.78, 5) is 14.5. The number of carbonyl (C=O) groups is 1. The second kappa shape index (κ2) is 7.17. The first-order valence-electron chi connectivity index (χ1n) is 8.68. The van der Waals surface area contributed by atoms with E-state index in [9.17, 15) is 13.2 Å². The van der Waals surface area contributed by atoms with Gasteiger partial charge in [0.05, 0.1) is 5.75 Å². The van der Waals surface area contributed by atoms with Gasteiger partial charge >= 0.3 is 0 Å². The Balaban J connectivity index is 1.66. The van der Waals surface area contributed by atoms with Gasteiger partial charge in [-0.15, -0.1) is 0 Å². The second-order valence-corrected chi connectivity index (χ2v) is 8.43. The van der Waals surface area contributed by atoms with Gasteiger partial charge in [0.2, 0.25) is 10.0 Å². The average molecular weight is 364 g/mol. The van der Waals surface area contributed by atoms with Crippen LogP contribution in [0, 0.1) is 6.92 Å². The maximum atomic E-state index is 12.8. The highest BCUT2D eigenvalue weighted by Gasteiger charge is 2.29. The van der Waals surface area contributed by atoms with Crippen LogP contribution in [0.25, 0.3) is 11.0 Å². The van der Waals surface area contributed by atoms with Crippen LogP contribution in [0.5, 0.6) is 0 Å². The molecule has 0 saturated carbocycles. The topological polar surface area (TPSA) is 79.6 Å². The fourth-order valence-electron chi connectivity index (χ4n) is 3.30. The van der Waals surface area contributed by atoms with Crippen LogP contribution >= 0.6 is 0 Å². The number of nitrogens with one attached hydrogen (secondary N) is 1. The summed E-state index contributed by atoms with van der Waals surface area (Å²) in [5.74, 6) is 0.402. The Hall–Kier alpha value is -1.86. The lowest BCUT2D eigenvalue weighted by atomic mass is 10.1. The SMILES string of the molecule is CCCS(=O)(=O)NC1CCN(C(=O)c2oc3ccccc3c2C)CC1. The molecule has 3 rings (SSSR count). The minimum Gasteiger partial charge on any atom is -0.451 e. The molecule has 1 fully saturated rings. The zero-order valence-electron chi connectivity index (χ0n) is 14.6. The maximum absolute atomic E-state index is 12.8. The number of sulfonamides is 1. The molecule has 0 radical (unpaired) electrons. The first-order chi connectivity index (χ1) is 11.9. The van der Waals surface area contributed by atoms with E-state index in [0.717, 1.165) is 10.9 Å². The fourth-order valence-corrected chi connectivity index (χ4v) is 4.70. The Morgan fingerprint density at radius 1 is 1.28 bits per heavy atom. The summed E-state index contributed by atoms with van der Waals surface area (Å²) in [6.45, 7) is 4.78. The predicted molar refractivity (Wildman–Crippen MR) is 97.1 cm³/mol. The Kier molecular flexibility index (Phi) is 5.15. The summed E-state index contributed by atoms with van der Waals surface area (Å²) in [5.41, 5.74) is 1.57. The summed E-state index contributed by atoms with van der Waals surface area (Å²) in [5, 5.41) is 0.952. The standard InChI is InChI=1S/C18H24N2O4S/c1-3-12-25(22,23)19-14-8-10-20(11-9-14)18(21)17-13(2)15-6-4-5-7-16(15)24-17/h4-7,14,19H,3,8-12H2,1-2H3. The molecule has 136 valence electrons. The molecular formula is C18H24N2O4S. The lowest BCUT2D eigenvalue weighted by Crippen LogP contribution is -2.47. The summed E-state index contributed by atoms with van der Waals surface area (Å²) in [7, 11) is -3.22. The highest BCUT2D eigenvalue weighted by atomic mass is 32.2. The fraction of sp³-hybridized carbons (Fsp3) is 0.500. The molecule has 2 aromatic rings. The van der Waals surface area contributed by atoms with Crippen molar-refractivity contribution < 1.29 is 17.6 Å². The monoisotopic (exact) mass is 364 g/mol. The molecular weight excluding hydrogens is 340 g/mol. The number of amides is 1. The highest BCUT2D eigenvalue weighted by molar-refractivity contribution is 7.89. The minimum atomic E-state index is -3.22. The number of rotatable bonds is 5. The van der Waals surface area contributed by atoms with Gasteiger partial charge in [-0.05, 0) is 32.3 Å². The molecule has 1 aromatic heterocycles. The normalized spacial score (nSPS) is 16.5. The van der Waals surface area contributed by atoms with Gasteiger partial charge in [-0.25, -0.2) is 13.1 Å². The van der Waals surface area contributed by atoms with Crippen molar-refractivity contribution in [1.29, 1.82) is 0 Å². The molecule has 6 nitrogen and oxygen atoms in total. The Morgan fingerprint density at radius 3 is 2.60 bits per heavy atom. The van der Waals surface area contributed by atoms with Crippen LogP contribution in [0.3, 0.4) is 0 Å². The number of piperidine rings is 1. The third-order valence-electron chi connectivity index (χ3n) is 4.64. The number of hydrogen-bond acceptors (Lipinski definition) is 4. The average Bonchev–Trinajstić information content (AvgIpc) is 2.92. The number of para-hydroxylation sites is 1. The molecule has 0 bridgehead atoms. The number of hydrogen-bond donors (Lipinski definition) is 1. The van der Waals surface area contributed by atoms with E-state index in [1.54, 1.807) is 4.90 Å². The first-order valence-corrected chi connectivity index (χ1v) is 10.3.